The number of hydrogen-bond donors (Lipinski definition) is 3. The molecule has 2 unspecified atom stereocenters. The topological polar surface area (TPSA) is 67.2 Å². The summed E-state index contributed by atoms with van der Waals surface area (Å²) in [6, 6.07) is 43.5. The molecule has 2 aliphatic heterocycles. The highest BCUT2D eigenvalue weighted by Crippen LogP contribution is 2.46. The van der Waals surface area contributed by atoms with Crippen molar-refractivity contribution in [1.82, 2.24) is 4.90 Å². The Hall–Kier alpha value is -4.42. The molecule has 0 saturated carbocycles. The minimum Gasteiger partial charge on any atom is -0.505 e. The normalized spacial score (nSPS) is 18.9. The smallest absolute Gasteiger partial charge is 0.143 e. The number of nitrogens with zero attached hydrogens (tertiary/aromatic N) is 2. The summed E-state index contributed by atoms with van der Waals surface area (Å²) in [6.45, 7) is 4.14. The van der Waals surface area contributed by atoms with Crippen molar-refractivity contribution in [3.05, 3.63) is 167 Å². The first-order chi connectivity index (χ1) is 22.9. The van der Waals surface area contributed by atoms with Crippen LogP contribution >= 0.6 is 0 Å². The SMILES string of the molecule is Cc1cc(CN2CCCC2C(O)(c2ccccc2)c2ccccc2)c(O)c(N2CCCC2C(O)(c2ccccc2)c2ccccc2)c1. The lowest BCUT2D eigenvalue weighted by atomic mass is 9.78. The lowest BCUT2D eigenvalue weighted by Gasteiger charge is -2.42. The molecule has 5 nitrogen and oxygen atoms in total. The van der Waals surface area contributed by atoms with Gasteiger partial charge in [0.2, 0.25) is 0 Å². The molecule has 2 heterocycles. The molecule has 5 aromatic carbocycles. The number of likely N-dealkylation sites (tertiary alicyclic amines) is 1. The number of rotatable bonds is 9. The Bertz CT molecular complexity index is 1700. The molecule has 0 radical (unpaired) electrons. The number of aromatic hydroxyl groups is 1. The summed E-state index contributed by atoms with van der Waals surface area (Å²) in [4.78, 5) is 4.56. The monoisotopic (exact) mass is 624 g/mol. The number of phenols is 1. The Labute approximate surface area is 278 Å². The van der Waals surface area contributed by atoms with E-state index in [1.165, 1.54) is 0 Å². The van der Waals surface area contributed by atoms with E-state index in [4.69, 9.17) is 0 Å². The van der Waals surface area contributed by atoms with Gasteiger partial charge in [-0.2, -0.15) is 0 Å². The predicted molar refractivity (Wildman–Crippen MR) is 188 cm³/mol. The van der Waals surface area contributed by atoms with Crippen LogP contribution in [0.3, 0.4) is 0 Å². The fourth-order valence-electron chi connectivity index (χ4n) is 8.24. The average molecular weight is 625 g/mol. The van der Waals surface area contributed by atoms with Crippen LogP contribution in [0.15, 0.2) is 133 Å². The second kappa shape index (κ2) is 13.0. The maximum absolute atomic E-state index is 12.7. The third kappa shape index (κ3) is 5.63. The number of aliphatic hydroxyl groups is 2. The van der Waals surface area contributed by atoms with Crippen LogP contribution in [0, 0.1) is 6.92 Å². The number of hydrogen-bond acceptors (Lipinski definition) is 5. The first-order valence-electron chi connectivity index (χ1n) is 16.9. The van der Waals surface area contributed by atoms with E-state index in [9.17, 15) is 15.3 Å². The Morgan fingerprint density at radius 3 is 1.51 bits per heavy atom. The van der Waals surface area contributed by atoms with Gasteiger partial charge in [-0.3, -0.25) is 4.90 Å². The molecule has 0 spiro atoms. The molecule has 0 aromatic heterocycles. The Morgan fingerprint density at radius 1 is 0.596 bits per heavy atom. The van der Waals surface area contributed by atoms with Crippen LogP contribution in [0.2, 0.25) is 0 Å². The predicted octanol–water partition coefficient (Wildman–Crippen LogP) is 7.51. The van der Waals surface area contributed by atoms with Crippen molar-refractivity contribution in [2.24, 2.45) is 0 Å². The molecular formula is C42H44N2O3. The van der Waals surface area contributed by atoms with E-state index in [2.05, 4.69) is 28.9 Å². The Balaban J connectivity index is 1.26. The molecule has 240 valence electrons. The van der Waals surface area contributed by atoms with Gasteiger partial charge in [0.1, 0.15) is 17.0 Å². The van der Waals surface area contributed by atoms with Crippen LogP contribution in [0.4, 0.5) is 5.69 Å². The van der Waals surface area contributed by atoms with Gasteiger partial charge in [0.15, 0.2) is 0 Å². The van der Waals surface area contributed by atoms with Gasteiger partial charge in [0.25, 0.3) is 0 Å². The van der Waals surface area contributed by atoms with E-state index in [0.717, 1.165) is 77.8 Å². The van der Waals surface area contributed by atoms with Crippen molar-refractivity contribution in [2.45, 2.75) is 62.4 Å². The van der Waals surface area contributed by atoms with Crippen molar-refractivity contribution in [3.63, 3.8) is 0 Å². The molecule has 3 N–H and O–H groups in total. The van der Waals surface area contributed by atoms with Gasteiger partial charge in [-0.1, -0.05) is 127 Å². The molecular weight excluding hydrogens is 580 g/mol. The molecule has 0 aliphatic carbocycles. The second-order valence-corrected chi connectivity index (χ2v) is 13.3. The highest BCUT2D eigenvalue weighted by Gasteiger charge is 2.47. The van der Waals surface area contributed by atoms with Gasteiger partial charge < -0.3 is 20.2 Å². The second-order valence-electron chi connectivity index (χ2n) is 13.3. The van der Waals surface area contributed by atoms with Crippen LogP contribution in [0.25, 0.3) is 0 Å². The molecule has 7 rings (SSSR count). The zero-order valence-electron chi connectivity index (χ0n) is 27.0. The minimum absolute atomic E-state index is 0.170. The fraction of sp³-hybridized carbons (Fsp3) is 0.286. The third-order valence-electron chi connectivity index (χ3n) is 10.4. The molecule has 0 bridgehead atoms. The molecule has 2 atom stereocenters. The molecule has 5 heteroatoms. The van der Waals surface area contributed by atoms with E-state index in [1.807, 2.05) is 121 Å². The number of anilines is 1. The van der Waals surface area contributed by atoms with Gasteiger partial charge in [-0.15, -0.1) is 0 Å². The fourth-order valence-corrected chi connectivity index (χ4v) is 8.24. The summed E-state index contributed by atoms with van der Waals surface area (Å²) in [7, 11) is 0. The Morgan fingerprint density at radius 2 is 1.02 bits per heavy atom. The summed E-state index contributed by atoms with van der Waals surface area (Å²) in [5.41, 5.74) is 3.61. The van der Waals surface area contributed by atoms with Gasteiger partial charge in [-0.05, 0) is 73.0 Å². The third-order valence-corrected chi connectivity index (χ3v) is 10.4. The first-order valence-corrected chi connectivity index (χ1v) is 16.9. The number of phenolic OH excluding ortho intramolecular Hbond substituents is 1. The minimum atomic E-state index is -1.27. The number of benzene rings is 5. The van der Waals surface area contributed by atoms with Crippen molar-refractivity contribution in [2.75, 3.05) is 18.0 Å². The molecule has 47 heavy (non-hydrogen) atoms. The van der Waals surface area contributed by atoms with E-state index in [1.54, 1.807) is 0 Å². The van der Waals surface area contributed by atoms with Crippen LogP contribution in [0.1, 0.15) is 59.1 Å². The average Bonchev–Trinajstić information content (AvgIpc) is 3.81. The van der Waals surface area contributed by atoms with Crippen LogP contribution in [-0.2, 0) is 17.7 Å². The first kappa shape index (κ1) is 31.2. The largest absolute Gasteiger partial charge is 0.505 e. The van der Waals surface area contributed by atoms with Crippen molar-refractivity contribution in [3.8, 4) is 5.75 Å². The van der Waals surface area contributed by atoms with Crippen molar-refractivity contribution >= 4 is 5.69 Å². The van der Waals surface area contributed by atoms with Crippen LogP contribution in [0.5, 0.6) is 5.75 Å². The maximum atomic E-state index is 12.7. The zero-order chi connectivity index (χ0) is 32.4. The summed E-state index contributed by atoms with van der Waals surface area (Å²) in [5.74, 6) is 0.250. The van der Waals surface area contributed by atoms with Gasteiger partial charge in [-0.25, -0.2) is 0 Å². The van der Waals surface area contributed by atoms with Crippen LogP contribution < -0.4 is 4.90 Å². The summed E-state index contributed by atoms with van der Waals surface area (Å²) in [5, 5.41) is 37.4. The van der Waals surface area contributed by atoms with E-state index >= 15 is 0 Å². The molecule has 2 saturated heterocycles. The molecule has 0 amide bonds. The van der Waals surface area contributed by atoms with Crippen molar-refractivity contribution < 1.29 is 15.3 Å². The maximum Gasteiger partial charge on any atom is 0.143 e. The van der Waals surface area contributed by atoms with Crippen molar-refractivity contribution in [1.29, 1.82) is 0 Å². The van der Waals surface area contributed by atoms with Gasteiger partial charge >= 0.3 is 0 Å². The quantitative estimate of drug-likeness (QED) is 0.158. The molecule has 2 aliphatic rings. The van der Waals surface area contributed by atoms with E-state index < -0.39 is 11.2 Å². The highest BCUT2D eigenvalue weighted by atomic mass is 16.3. The highest BCUT2D eigenvalue weighted by molar-refractivity contribution is 5.65. The summed E-state index contributed by atoms with van der Waals surface area (Å²) >= 11 is 0. The van der Waals surface area contributed by atoms with E-state index in [0.29, 0.717) is 6.54 Å². The number of aryl methyl sites for hydroxylation is 1. The summed E-state index contributed by atoms with van der Waals surface area (Å²) in [6.07, 6.45) is 3.50. The van der Waals surface area contributed by atoms with Crippen LogP contribution in [-0.4, -0.2) is 45.4 Å². The lowest BCUT2D eigenvalue weighted by molar-refractivity contribution is -0.00672. The lowest BCUT2D eigenvalue weighted by Crippen LogP contribution is -2.49. The van der Waals surface area contributed by atoms with Gasteiger partial charge in [0.05, 0.1) is 11.7 Å². The zero-order valence-corrected chi connectivity index (χ0v) is 27.0. The molecule has 2 fully saturated rings. The summed E-state index contributed by atoms with van der Waals surface area (Å²) < 4.78 is 0. The molecule has 5 aromatic rings. The van der Waals surface area contributed by atoms with E-state index in [-0.39, 0.29) is 17.8 Å². The van der Waals surface area contributed by atoms with Gasteiger partial charge in [0, 0.05) is 24.7 Å². The Kier molecular flexibility index (Phi) is 8.63. The standard InChI is InChI=1S/C42H44N2O3/c1-31-28-32(30-43-26-14-24-38(43)41(46,33-16-6-2-7-17-33)34-18-8-3-9-19-34)40(45)37(29-31)44-27-15-25-39(44)42(47,35-20-10-4-11-21-35)36-22-12-5-13-23-36/h2-13,16-23,28-29,38-39,45-47H,14-15,24-27,30H2,1H3.